The number of hydrogen-bond acceptors (Lipinski definition) is 26. The Hall–Kier alpha value is -7.40. The first-order chi connectivity index (χ1) is 54.5. The lowest BCUT2D eigenvalue weighted by molar-refractivity contribution is -0.141. The van der Waals surface area contributed by atoms with Crippen LogP contribution in [0.15, 0.2) is 24.3 Å². The summed E-state index contributed by atoms with van der Waals surface area (Å²) in [5.74, 6) is -1.02. The molecule has 6 unspecified atom stereocenters. The van der Waals surface area contributed by atoms with Crippen LogP contribution in [0.5, 0.6) is 0 Å². The van der Waals surface area contributed by atoms with E-state index in [1.165, 1.54) is 56.2 Å². The molecule has 0 aromatic heterocycles. The van der Waals surface area contributed by atoms with E-state index in [1.54, 1.807) is 54.7 Å². The lowest BCUT2D eigenvalue weighted by Crippen LogP contribution is -2.33. The molecule has 9 amide bonds. The van der Waals surface area contributed by atoms with Crippen molar-refractivity contribution >= 4 is 155 Å². The van der Waals surface area contributed by atoms with Gasteiger partial charge in [-0.15, -0.1) is 0 Å². The Bertz CT molecular complexity index is 3720. The first-order valence-electron chi connectivity index (χ1n) is 40.3. The molecule has 0 saturated carbocycles. The minimum absolute atomic E-state index is 0.00333. The number of carbonyl (C=O) groups excluding carboxylic acids is 18. The van der Waals surface area contributed by atoms with Gasteiger partial charge >= 0.3 is 0 Å². The Morgan fingerprint density at radius 2 is 0.847 bits per heavy atom. The minimum atomic E-state index is -3.75. The smallest absolute Gasteiger partial charge is 0.277 e. The average molecular weight is 1740 g/mol. The lowest BCUT2D eigenvalue weighted by Gasteiger charge is -2.19. The van der Waals surface area contributed by atoms with Crippen molar-refractivity contribution < 1.29 is 112 Å². The van der Waals surface area contributed by atoms with Gasteiger partial charge in [0.2, 0.25) is 53.2 Å². The second kappa shape index (κ2) is 60.1. The van der Waals surface area contributed by atoms with Crippen LogP contribution >= 0.6 is 23.5 Å². The normalized spacial score (nSPS) is 15.9. The van der Waals surface area contributed by atoms with E-state index in [1.807, 2.05) is 104 Å². The summed E-state index contributed by atoms with van der Waals surface area (Å²) in [6.07, 6.45) is 4.62. The number of imide groups is 3. The molecule has 0 spiro atoms. The van der Waals surface area contributed by atoms with E-state index in [0.29, 0.717) is 91.6 Å². The molecule has 672 valence electrons. The highest BCUT2D eigenvalue weighted by atomic mass is 32.2. The van der Waals surface area contributed by atoms with E-state index in [4.69, 9.17) is 0 Å². The SMILES string of the molecule is CC(=O)CC(C)C.CC(=O)CCCN1C(=O)CC(C(C)C)C1=O.CC(=O)CCN1C(=O)CC(C(C)C)C1=O.CC(=O)CCNC(=O)CCC(=O)CNC(=O)CCC(=O)CCCN1C(=O)CC(C(C)C)C1=O.CC(=O)c1ccc(NC(=O)CC(C)C)cc1.COS(=O)(=O)C(CC(C)SC(C)C)C(C)=O.COS(=O)(=O)C(CCSC(C)C)C(C)=O. The molecule has 4 rings (SSSR count). The topological polar surface area (TPSA) is 440 Å². The van der Waals surface area contributed by atoms with E-state index in [9.17, 15) is 103 Å². The molecule has 30 nitrogen and oxygen atoms in total. The summed E-state index contributed by atoms with van der Waals surface area (Å²) in [7, 11) is -5.30. The fraction of sp³-hybridized carbons (Fsp3) is 0.714. The number of thioether (sulfide) groups is 2. The first-order valence-corrected chi connectivity index (χ1v) is 45.3. The molecule has 6 atom stereocenters. The number of carbonyl (C=O) groups is 18. The van der Waals surface area contributed by atoms with Crippen LogP contribution in [0.4, 0.5) is 5.69 Å². The summed E-state index contributed by atoms with van der Waals surface area (Å²) in [6.45, 7) is 40.7. The molecule has 3 heterocycles. The molecule has 3 saturated heterocycles. The number of amides is 9. The average Bonchev–Trinajstić information content (AvgIpc) is 1.67. The molecule has 3 aliphatic heterocycles. The van der Waals surface area contributed by atoms with Crippen molar-refractivity contribution in [2.75, 3.05) is 58.0 Å². The zero-order valence-electron chi connectivity index (χ0n) is 74.4. The largest absolute Gasteiger partial charge is 0.356 e. The maximum atomic E-state index is 12.2. The summed E-state index contributed by atoms with van der Waals surface area (Å²) in [6, 6.07) is 6.92. The summed E-state index contributed by atoms with van der Waals surface area (Å²) in [5.41, 5.74) is 1.39. The van der Waals surface area contributed by atoms with Crippen molar-refractivity contribution in [3.05, 3.63) is 29.8 Å². The van der Waals surface area contributed by atoms with Crippen molar-refractivity contribution in [1.29, 1.82) is 0 Å². The molecular weight excluding hydrogens is 1610 g/mol. The van der Waals surface area contributed by atoms with Crippen LogP contribution in [0, 0.1) is 47.3 Å². The Labute approximate surface area is 710 Å². The van der Waals surface area contributed by atoms with Gasteiger partial charge in [-0.1, -0.05) is 104 Å². The molecule has 3 N–H and O–H groups in total. The third kappa shape index (κ3) is 51.3. The quantitative estimate of drug-likeness (QED) is 0.0310. The molecule has 0 bridgehead atoms. The van der Waals surface area contributed by atoms with E-state index < -0.39 is 36.6 Å². The van der Waals surface area contributed by atoms with Gasteiger partial charge in [-0.05, 0) is 144 Å². The van der Waals surface area contributed by atoms with Gasteiger partial charge < -0.3 is 25.5 Å². The highest BCUT2D eigenvalue weighted by Crippen LogP contribution is 2.30. The first kappa shape index (κ1) is 115. The second-order valence-corrected chi connectivity index (χ2v) is 39.3. The van der Waals surface area contributed by atoms with Crippen molar-refractivity contribution in [2.45, 2.75) is 288 Å². The number of anilines is 1. The number of rotatable bonds is 45. The zero-order valence-corrected chi connectivity index (χ0v) is 77.6. The molecule has 1 aromatic rings. The Morgan fingerprint density at radius 1 is 0.449 bits per heavy atom. The Kier molecular flexibility index (Phi) is 58.5. The monoisotopic (exact) mass is 1740 g/mol. The molecule has 3 aliphatic rings. The predicted molar refractivity (Wildman–Crippen MR) is 458 cm³/mol. The third-order valence-electron chi connectivity index (χ3n) is 18.0. The molecule has 34 heteroatoms. The number of nitrogens with zero attached hydrogens (tertiary/aromatic N) is 3. The van der Waals surface area contributed by atoms with Gasteiger partial charge in [-0.2, -0.15) is 40.4 Å². The lowest BCUT2D eigenvalue weighted by atomic mass is 9.94. The standard InChI is InChI=1S/C23H35N3O7.C13H17NO2.C12H19NO3.C11H17NO3.C10H20O4S2.C9H18O4S2.C6H12O/c1-15(2)19-13-22(32)26(23(19)33)12-4-5-17(28)6-8-21(31)25-14-18(29)7-9-20(30)24-11-10-16(3)27;1-9(2)8-13(16)14-12-6-4-11(5-7-12)10(3)15;1-8(2)10-7-11(15)13(12(10)16)6-4-5-9(3)14;1-7(2)9-6-10(14)12(11(9)15)5-4-8(3)13;1-7(2)15-8(3)6-10(9(4)11)16(12,13)14-5;1-7(2)14-6-5-9(8(3)10)15(11,12)13-4;1-5(2)4-6(3)7/h15,19H,4-14H2,1-3H3,(H,24,30)(H,25,31);4-7,9H,8H2,1-3H3,(H,14,16);8,10H,4-7H2,1-3H3;7,9H,4-6H2,1-3H3;7-8,10H,6H2,1-5H3;7,9H,5-6H2,1-4H3;5H,4H2,1-3H3. The van der Waals surface area contributed by atoms with Crippen molar-refractivity contribution in [3.63, 3.8) is 0 Å². The van der Waals surface area contributed by atoms with Crippen LogP contribution in [0.1, 0.15) is 272 Å². The maximum absolute atomic E-state index is 12.2. The van der Waals surface area contributed by atoms with Crippen LogP contribution in [0.2, 0.25) is 0 Å². The van der Waals surface area contributed by atoms with Crippen LogP contribution in [0.25, 0.3) is 0 Å². The van der Waals surface area contributed by atoms with Gasteiger partial charge in [-0.25, -0.2) is 0 Å². The van der Waals surface area contributed by atoms with E-state index in [-0.39, 0.29) is 218 Å². The number of nitrogens with one attached hydrogen (secondary N) is 3. The number of likely N-dealkylation sites (tertiary alicyclic amines) is 3. The Morgan fingerprint density at radius 3 is 1.19 bits per heavy atom. The maximum Gasteiger partial charge on any atom is 0.277 e. The summed E-state index contributed by atoms with van der Waals surface area (Å²) < 4.78 is 54.5. The molecule has 1 aromatic carbocycles. The van der Waals surface area contributed by atoms with Crippen LogP contribution in [-0.2, 0) is 110 Å². The molecule has 3 fully saturated rings. The van der Waals surface area contributed by atoms with Crippen molar-refractivity contribution in [2.24, 2.45) is 47.3 Å². The second-order valence-electron chi connectivity index (χ2n) is 31.9. The number of hydrogen-bond donors (Lipinski definition) is 3. The third-order valence-corrected chi connectivity index (χ3v) is 23.8. The van der Waals surface area contributed by atoms with Gasteiger partial charge in [0.15, 0.2) is 11.6 Å². The summed E-state index contributed by atoms with van der Waals surface area (Å²) in [4.78, 5) is 209. The van der Waals surface area contributed by atoms with Gasteiger partial charge in [-0.3, -0.25) is 99.8 Å². The molecule has 118 heavy (non-hydrogen) atoms. The highest BCUT2D eigenvalue weighted by Gasteiger charge is 2.42. The highest BCUT2D eigenvalue weighted by molar-refractivity contribution is 8.00. The zero-order chi connectivity index (χ0) is 91.8. The Balaban J connectivity index is -0.00000136. The predicted octanol–water partition coefficient (Wildman–Crippen LogP) is 10.9. The van der Waals surface area contributed by atoms with Gasteiger partial charge in [0.05, 0.1) is 20.8 Å². The van der Waals surface area contributed by atoms with Crippen LogP contribution in [0.3, 0.4) is 0 Å². The van der Waals surface area contributed by atoms with Crippen LogP contribution in [-0.4, -0.2) is 216 Å². The van der Waals surface area contributed by atoms with Crippen molar-refractivity contribution in [3.8, 4) is 0 Å². The number of Topliss-reactive ketones (excluding diaryl/α,β-unsaturated/α-hetero) is 9. The summed E-state index contributed by atoms with van der Waals surface area (Å²) in [5, 5.41) is 6.65. The fourth-order valence-electron chi connectivity index (χ4n) is 11.5. The minimum Gasteiger partial charge on any atom is -0.356 e. The number of ketones is 9. The molecule has 0 aliphatic carbocycles. The van der Waals surface area contributed by atoms with E-state index in [0.717, 1.165) is 26.3 Å². The summed E-state index contributed by atoms with van der Waals surface area (Å²) >= 11 is 3.29. The fourth-order valence-corrected chi connectivity index (χ4v) is 16.1. The van der Waals surface area contributed by atoms with Gasteiger partial charge in [0, 0.05) is 144 Å². The van der Waals surface area contributed by atoms with E-state index in [2.05, 4.69) is 24.3 Å². The number of benzene rings is 1. The van der Waals surface area contributed by atoms with Crippen molar-refractivity contribution in [1.82, 2.24) is 25.3 Å². The molecular formula is C84H138N6O24S4. The van der Waals surface area contributed by atoms with E-state index >= 15 is 0 Å². The molecule has 0 radical (unpaired) electrons. The van der Waals surface area contributed by atoms with Gasteiger partial charge in [0.1, 0.15) is 51.0 Å². The van der Waals surface area contributed by atoms with Crippen LogP contribution < -0.4 is 16.0 Å². The van der Waals surface area contributed by atoms with Gasteiger partial charge in [0.25, 0.3) is 20.2 Å².